The number of rotatable bonds is 4. The number of hydroxylamine groups is 1. The Bertz CT molecular complexity index is 379. The van der Waals surface area contributed by atoms with Gasteiger partial charge in [-0.25, -0.2) is 4.74 Å². The molecule has 0 spiro atoms. The van der Waals surface area contributed by atoms with Crippen LogP contribution in [0.1, 0.15) is 56.9 Å². The molecule has 0 saturated heterocycles. The molecule has 1 aliphatic rings. The summed E-state index contributed by atoms with van der Waals surface area (Å²) >= 11 is 0. The largest absolute Gasteiger partial charge is 0.624 e. The average Bonchev–Trinajstić information content (AvgIpc) is 2.46. The van der Waals surface area contributed by atoms with Gasteiger partial charge in [0.15, 0.2) is 12.3 Å². The van der Waals surface area contributed by atoms with E-state index < -0.39 is 0 Å². The minimum Gasteiger partial charge on any atom is -0.624 e. The van der Waals surface area contributed by atoms with Crippen LogP contribution < -0.4 is 0 Å². The minimum atomic E-state index is 0.238. The van der Waals surface area contributed by atoms with Crippen molar-refractivity contribution in [2.75, 3.05) is 0 Å². The highest BCUT2D eigenvalue weighted by Crippen LogP contribution is 2.21. The maximum atomic E-state index is 12.0. The van der Waals surface area contributed by atoms with Crippen molar-refractivity contribution in [3.8, 4) is 0 Å². The molecule has 2 rings (SSSR count). The van der Waals surface area contributed by atoms with Crippen LogP contribution in [0.15, 0.2) is 30.3 Å². The first-order valence-corrected chi connectivity index (χ1v) is 7.11. The van der Waals surface area contributed by atoms with Gasteiger partial charge in [-0.2, -0.15) is 0 Å². The van der Waals surface area contributed by atoms with Crippen LogP contribution in [0.3, 0.4) is 0 Å². The second-order valence-corrected chi connectivity index (χ2v) is 5.38. The molecule has 1 saturated carbocycles. The van der Waals surface area contributed by atoms with E-state index in [2.05, 4.69) is 31.2 Å². The van der Waals surface area contributed by atoms with E-state index in [4.69, 9.17) is 0 Å². The molecule has 0 radical (unpaired) electrons. The topological polar surface area (TPSA) is 26.1 Å². The van der Waals surface area contributed by atoms with Gasteiger partial charge in [-0.15, -0.1) is 0 Å². The fourth-order valence-corrected chi connectivity index (χ4v) is 2.66. The minimum absolute atomic E-state index is 0.238. The lowest BCUT2D eigenvalue weighted by atomic mass is 9.95. The van der Waals surface area contributed by atoms with Crippen LogP contribution in [0.5, 0.6) is 0 Å². The highest BCUT2D eigenvalue weighted by Gasteiger charge is 2.19. The van der Waals surface area contributed by atoms with E-state index >= 15 is 0 Å². The summed E-state index contributed by atoms with van der Waals surface area (Å²) in [5.74, 6) is 0.422. The fourth-order valence-electron chi connectivity index (χ4n) is 2.66. The lowest BCUT2D eigenvalue weighted by Gasteiger charge is -2.21. The Balaban J connectivity index is 1.89. The fraction of sp³-hybridized carbons (Fsp3) is 0.562. The van der Waals surface area contributed by atoms with Crippen molar-refractivity contribution < 1.29 is 4.74 Å². The van der Waals surface area contributed by atoms with Gasteiger partial charge in [0.05, 0.1) is 0 Å². The van der Waals surface area contributed by atoms with Crippen LogP contribution in [0.2, 0.25) is 0 Å². The van der Waals surface area contributed by atoms with Crippen molar-refractivity contribution in [1.82, 2.24) is 0 Å². The van der Waals surface area contributed by atoms with Crippen LogP contribution in [-0.4, -0.2) is 17.0 Å². The molecule has 98 valence electrons. The van der Waals surface area contributed by atoms with E-state index in [1.165, 1.54) is 29.6 Å². The molecular weight excluding hydrogens is 222 g/mol. The summed E-state index contributed by atoms with van der Waals surface area (Å²) in [5, 5.41) is 12.0. The Hall–Kier alpha value is -1.31. The second-order valence-electron chi connectivity index (χ2n) is 5.38. The SMILES string of the molecule is CC(C/C=[N+](\[O-])C1CCCCC1)c1ccccc1. The maximum absolute atomic E-state index is 12.0. The Morgan fingerprint density at radius 1 is 1.22 bits per heavy atom. The van der Waals surface area contributed by atoms with E-state index in [-0.39, 0.29) is 6.04 Å². The smallest absolute Gasteiger partial charge is 0.162 e. The molecule has 18 heavy (non-hydrogen) atoms. The van der Waals surface area contributed by atoms with Crippen LogP contribution in [0.25, 0.3) is 0 Å². The quantitative estimate of drug-likeness (QED) is 0.339. The number of nitrogens with zero attached hydrogens (tertiary/aromatic N) is 1. The molecule has 1 fully saturated rings. The van der Waals surface area contributed by atoms with Gasteiger partial charge < -0.3 is 5.21 Å². The van der Waals surface area contributed by atoms with Crippen LogP contribution >= 0.6 is 0 Å². The lowest BCUT2D eigenvalue weighted by molar-refractivity contribution is -0.502. The molecule has 1 aliphatic carbocycles. The van der Waals surface area contributed by atoms with E-state index in [9.17, 15) is 5.21 Å². The predicted octanol–water partition coefficient (Wildman–Crippen LogP) is 4.09. The Morgan fingerprint density at radius 3 is 2.56 bits per heavy atom. The maximum Gasteiger partial charge on any atom is 0.162 e. The average molecular weight is 245 g/mol. The highest BCUT2D eigenvalue weighted by molar-refractivity contribution is 5.53. The molecule has 2 nitrogen and oxygen atoms in total. The Kier molecular flexibility index (Phi) is 4.80. The first-order chi connectivity index (χ1) is 8.77. The third-order valence-corrected chi connectivity index (χ3v) is 3.94. The van der Waals surface area contributed by atoms with Gasteiger partial charge in [0.2, 0.25) is 0 Å². The molecule has 2 heteroatoms. The third-order valence-electron chi connectivity index (χ3n) is 3.94. The first kappa shape index (κ1) is 13.1. The normalized spacial score (nSPS) is 19.7. The number of hydrogen-bond acceptors (Lipinski definition) is 1. The molecule has 1 unspecified atom stereocenters. The second kappa shape index (κ2) is 6.58. The molecule has 0 bridgehead atoms. The molecule has 1 aromatic rings. The van der Waals surface area contributed by atoms with Crippen LogP contribution in [-0.2, 0) is 0 Å². The van der Waals surface area contributed by atoms with Crippen molar-refractivity contribution in [2.24, 2.45) is 0 Å². The summed E-state index contributed by atoms with van der Waals surface area (Å²) in [7, 11) is 0. The van der Waals surface area contributed by atoms with E-state index in [0.717, 1.165) is 19.3 Å². The summed E-state index contributed by atoms with van der Waals surface area (Å²) in [5.41, 5.74) is 1.31. The molecule has 1 atom stereocenters. The van der Waals surface area contributed by atoms with Crippen molar-refractivity contribution >= 4 is 6.21 Å². The van der Waals surface area contributed by atoms with Gasteiger partial charge >= 0.3 is 0 Å². The van der Waals surface area contributed by atoms with Crippen molar-refractivity contribution in [3.05, 3.63) is 41.1 Å². The van der Waals surface area contributed by atoms with Gasteiger partial charge in [-0.3, -0.25) is 0 Å². The lowest BCUT2D eigenvalue weighted by Crippen LogP contribution is -2.25. The predicted molar refractivity (Wildman–Crippen MR) is 76.0 cm³/mol. The van der Waals surface area contributed by atoms with E-state index in [1.807, 2.05) is 12.3 Å². The van der Waals surface area contributed by atoms with Crippen molar-refractivity contribution in [3.63, 3.8) is 0 Å². The van der Waals surface area contributed by atoms with Gasteiger partial charge in [0, 0.05) is 19.3 Å². The van der Waals surface area contributed by atoms with Crippen LogP contribution in [0.4, 0.5) is 0 Å². The zero-order chi connectivity index (χ0) is 12.8. The molecule has 1 aromatic carbocycles. The van der Waals surface area contributed by atoms with Crippen molar-refractivity contribution in [2.45, 2.75) is 57.4 Å². The summed E-state index contributed by atoms with van der Waals surface area (Å²) in [6.45, 7) is 2.18. The first-order valence-electron chi connectivity index (χ1n) is 7.11. The molecular formula is C16H23NO. The van der Waals surface area contributed by atoms with Gasteiger partial charge in [-0.05, 0) is 24.3 Å². The van der Waals surface area contributed by atoms with Gasteiger partial charge in [0.1, 0.15) is 0 Å². The third kappa shape index (κ3) is 3.59. The van der Waals surface area contributed by atoms with E-state index in [1.54, 1.807) is 0 Å². The number of hydrogen-bond donors (Lipinski definition) is 0. The monoisotopic (exact) mass is 245 g/mol. The zero-order valence-corrected chi connectivity index (χ0v) is 11.2. The van der Waals surface area contributed by atoms with E-state index in [0.29, 0.717) is 5.92 Å². The molecule has 0 amide bonds. The number of benzene rings is 1. The zero-order valence-electron chi connectivity index (χ0n) is 11.2. The highest BCUT2D eigenvalue weighted by atomic mass is 16.5. The van der Waals surface area contributed by atoms with Crippen molar-refractivity contribution in [1.29, 1.82) is 0 Å². The molecule has 0 heterocycles. The molecule has 0 aliphatic heterocycles. The summed E-state index contributed by atoms with van der Waals surface area (Å²) in [6, 6.07) is 10.6. The Morgan fingerprint density at radius 2 is 1.89 bits per heavy atom. The summed E-state index contributed by atoms with van der Waals surface area (Å²) < 4.78 is 1.22. The summed E-state index contributed by atoms with van der Waals surface area (Å²) in [6.07, 6.45) is 8.55. The standard InChI is InChI=1S/C16H23NO/c1-14(15-8-4-2-5-9-15)12-13-17(18)16-10-6-3-7-11-16/h2,4-5,8-9,13-14,16H,3,6-7,10-12H2,1H3/b17-13-. The van der Waals surface area contributed by atoms with Gasteiger partial charge in [0.25, 0.3) is 0 Å². The molecule has 0 aromatic heterocycles. The molecule has 0 N–H and O–H groups in total. The van der Waals surface area contributed by atoms with Crippen LogP contribution in [0, 0.1) is 5.21 Å². The Labute approximate surface area is 110 Å². The van der Waals surface area contributed by atoms with Gasteiger partial charge in [-0.1, -0.05) is 43.7 Å². The summed E-state index contributed by atoms with van der Waals surface area (Å²) in [4.78, 5) is 0.